The van der Waals surface area contributed by atoms with Crippen LogP contribution >= 0.6 is 11.6 Å². The molecule has 0 spiro atoms. The molecule has 0 N–H and O–H groups in total. The van der Waals surface area contributed by atoms with Gasteiger partial charge in [0.15, 0.2) is 46.6 Å². The number of hydrogen-bond acceptors (Lipinski definition) is 13. The summed E-state index contributed by atoms with van der Waals surface area (Å²) in [5, 5.41) is 0.191. The van der Waals surface area contributed by atoms with Gasteiger partial charge in [-0.1, -0.05) is 380 Å². The van der Waals surface area contributed by atoms with Gasteiger partial charge in [-0.25, -0.2) is 34.9 Å². The van der Waals surface area contributed by atoms with Crippen LogP contribution < -0.4 is 10.9 Å². The average Bonchev–Trinajstić information content (AvgIpc) is 1.56. The summed E-state index contributed by atoms with van der Waals surface area (Å²) in [6.45, 7) is 25.6. The Labute approximate surface area is 715 Å². The minimum atomic E-state index is -0.341. The van der Waals surface area contributed by atoms with Crippen LogP contribution in [0.15, 0.2) is 352 Å². The standard InChI is InChI=1S/C57H42N6.C27H38B2O4.C21H14ClN3/c1-57(2,49-35-31-47(32-36-49)55-60-51(43-19-11-5-12-20-43)58-53(62-55)45-27-23-41(24-28-45)39-15-7-3-8-16-39)50-37-33-48(34-38-50)56-61-52(44-21-13-6-14-22-44)59-54(63-56)46-29-25-42(26-30-46)40-17-9-4-10-18-40;1-23(2,19-11-15-21(16-12-19)28-30-24(3,4)25(5,6)31-28)20-13-17-22(18-14-20)29-32-26(7,8)27(9,10)33-29;22-21-24-19(17-9-5-2-6-10-17)23-20(25-21)18-13-11-16(12-14-18)15-7-3-1-4-8-15/h3-38H,1-2H3;11-18H,1-10H3;1-14H. The van der Waals surface area contributed by atoms with E-state index in [1.807, 2.05) is 133 Å². The molecule has 2 aliphatic rings. The summed E-state index contributed by atoms with van der Waals surface area (Å²) in [5.74, 6) is 4.91. The molecule has 13 aromatic carbocycles. The smallest absolute Gasteiger partial charge is 0.399 e. The molecule has 2 aliphatic heterocycles. The quantitative estimate of drug-likeness (QED) is 0.0796. The highest BCUT2D eigenvalue weighted by Crippen LogP contribution is 2.41. The summed E-state index contributed by atoms with van der Waals surface area (Å²) in [7, 11) is -0.683. The molecule has 0 unspecified atom stereocenters. The van der Waals surface area contributed by atoms with Crippen LogP contribution in [0.1, 0.15) is 105 Å². The molecule has 0 bridgehead atoms. The predicted octanol–water partition coefficient (Wildman–Crippen LogP) is 23.9. The van der Waals surface area contributed by atoms with E-state index in [1.165, 1.54) is 38.9 Å². The molecular weight excluding hydrogens is 1510 g/mol. The maximum atomic E-state index is 6.21. The van der Waals surface area contributed by atoms with Gasteiger partial charge in [-0.3, -0.25) is 0 Å². The van der Waals surface area contributed by atoms with Crippen LogP contribution in [0.3, 0.4) is 0 Å². The second-order valence-corrected chi connectivity index (χ2v) is 34.0. The van der Waals surface area contributed by atoms with Gasteiger partial charge < -0.3 is 18.6 Å². The normalized spacial score (nSPS) is 14.4. The van der Waals surface area contributed by atoms with Crippen LogP contribution in [0.2, 0.25) is 5.28 Å². The minimum Gasteiger partial charge on any atom is -0.399 e. The van der Waals surface area contributed by atoms with Crippen LogP contribution in [0.25, 0.3) is 124 Å². The van der Waals surface area contributed by atoms with Crippen LogP contribution in [0.5, 0.6) is 0 Å². The third kappa shape index (κ3) is 18.2. The molecule has 0 amide bonds. The molecule has 16 aromatic rings. The Morgan fingerprint density at radius 2 is 0.347 bits per heavy atom. The van der Waals surface area contributed by atoms with Gasteiger partial charge in [0.05, 0.1) is 22.4 Å². The highest BCUT2D eigenvalue weighted by molar-refractivity contribution is 6.62. The van der Waals surface area contributed by atoms with Gasteiger partial charge in [0.25, 0.3) is 0 Å². The lowest BCUT2D eigenvalue weighted by molar-refractivity contribution is 0.00578. The Balaban J connectivity index is 0.000000155. The van der Waals surface area contributed by atoms with Crippen molar-refractivity contribution in [2.24, 2.45) is 0 Å². The lowest BCUT2D eigenvalue weighted by atomic mass is 9.73. The molecule has 0 atom stereocenters. The number of halogens is 1. The van der Waals surface area contributed by atoms with Crippen molar-refractivity contribution >= 4 is 36.8 Å². The molecule has 16 heteroatoms. The number of rotatable bonds is 17. The van der Waals surface area contributed by atoms with E-state index in [9.17, 15) is 0 Å². The highest BCUT2D eigenvalue weighted by Gasteiger charge is 2.53. The Bertz CT molecular complexity index is 5900. The van der Waals surface area contributed by atoms with Gasteiger partial charge in [0.2, 0.25) is 5.28 Å². The van der Waals surface area contributed by atoms with Gasteiger partial charge >= 0.3 is 14.2 Å². The lowest BCUT2D eigenvalue weighted by Crippen LogP contribution is -2.41. The van der Waals surface area contributed by atoms with Crippen molar-refractivity contribution in [3.8, 4) is 124 Å². The van der Waals surface area contributed by atoms with Crippen molar-refractivity contribution in [3.63, 3.8) is 0 Å². The number of aromatic nitrogens is 9. The molecule has 13 nitrogen and oxygen atoms in total. The minimum absolute atomic E-state index is 0.150. The van der Waals surface area contributed by atoms with E-state index in [0.717, 1.165) is 72.1 Å². The molecule has 0 radical (unpaired) electrons. The Morgan fingerprint density at radius 3 is 0.554 bits per heavy atom. The van der Waals surface area contributed by atoms with Gasteiger partial charge in [0.1, 0.15) is 0 Å². The van der Waals surface area contributed by atoms with E-state index in [0.29, 0.717) is 46.6 Å². The molecule has 121 heavy (non-hydrogen) atoms. The van der Waals surface area contributed by atoms with Gasteiger partial charge in [-0.2, -0.15) is 9.97 Å². The fourth-order valence-electron chi connectivity index (χ4n) is 14.7. The largest absolute Gasteiger partial charge is 0.494 e. The highest BCUT2D eigenvalue weighted by atomic mass is 35.5. The molecule has 18 rings (SSSR count). The van der Waals surface area contributed by atoms with Gasteiger partial charge in [0, 0.05) is 55.3 Å². The summed E-state index contributed by atoms with van der Waals surface area (Å²) in [6.07, 6.45) is 0. The Morgan fingerprint density at radius 1 is 0.198 bits per heavy atom. The summed E-state index contributed by atoms with van der Waals surface area (Å²) >= 11 is 6.11. The maximum Gasteiger partial charge on any atom is 0.494 e. The van der Waals surface area contributed by atoms with E-state index in [2.05, 4.69) is 316 Å². The monoisotopic (exact) mass is 1600 g/mol. The fraction of sp³-hybridized carbons (Fsp3) is 0.171. The first-order valence-electron chi connectivity index (χ1n) is 41.0. The zero-order valence-corrected chi connectivity index (χ0v) is 70.9. The summed E-state index contributed by atoms with van der Waals surface area (Å²) < 4.78 is 24.8. The third-order valence-electron chi connectivity index (χ3n) is 23.8. The first-order chi connectivity index (χ1) is 58.3. The number of nitrogens with zero attached hydrogens (tertiary/aromatic N) is 9. The second-order valence-electron chi connectivity index (χ2n) is 33.6. The first kappa shape index (κ1) is 81.9. The van der Waals surface area contributed by atoms with Crippen molar-refractivity contribution in [1.29, 1.82) is 0 Å². The van der Waals surface area contributed by atoms with Crippen LogP contribution in [0, 0.1) is 0 Å². The van der Waals surface area contributed by atoms with Gasteiger partial charge in [-0.15, -0.1) is 0 Å². The topological polar surface area (TPSA) is 153 Å². The van der Waals surface area contributed by atoms with Gasteiger partial charge in [-0.05, 0) is 134 Å². The molecular formula is C105H94B2ClN9O4. The SMILES string of the molecule is CC(C)(c1ccc(-c2nc(-c3ccccc3)nc(-c3ccc(-c4ccccc4)cc3)n2)cc1)c1ccc(-c2nc(-c3ccccc3)nc(-c3ccc(-c4ccccc4)cc3)n2)cc1.CC(C)(c1ccc(B2OC(C)(C)C(C)(C)O2)cc1)c1ccc(B2OC(C)(C)C(C)(C)O2)cc1.Clc1nc(-c2ccccc2)nc(-c2ccc(-c3ccccc3)cc2)n1. The zero-order chi connectivity index (χ0) is 84.1. The third-order valence-corrected chi connectivity index (χ3v) is 23.9. The van der Waals surface area contributed by atoms with E-state index in [1.54, 1.807) is 0 Å². The van der Waals surface area contributed by atoms with Crippen molar-refractivity contribution in [2.45, 2.75) is 116 Å². The van der Waals surface area contributed by atoms with Crippen molar-refractivity contribution in [3.05, 3.63) is 379 Å². The Hall–Kier alpha value is -12.9. The summed E-state index contributed by atoms with van der Waals surface area (Å²) in [6, 6.07) is 120. The fourth-order valence-corrected chi connectivity index (χ4v) is 14.9. The summed E-state index contributed by atoms with van der Waals surface area (Å²) in [4.78, 5) is 43.0. The van der Waals surface area contributed by atoms with E-state index < -0.39 is 0 Å². The number of hydrogen-bond donors (Lipinski definition) is 0. The molecule has 5 heterocycles. The first-order valence-corrected chi connectivity index (χ1v) is 41.4. The molecule has 0 saturated carbocycles. The van der Waals surface area contributed by atoms with Crippen LogP contribution in [-0.4, -0.2) is 81.5 Å². The molecule has 2 fully saturated rings. The summed E-state index contributed by atoms with van der Waals surface area (Å²) in [5.41, 5.74) is 19.4. The zero-order valence-electron chi connectivity index (χ0n) is 70.2. The van der Waals surface area contributed by atoms with E-state index in [4.69, 9.17) is 60.1 Å². The van der Waals surface area contributed by atoms with E-state index in [-0.39, 0.29) is 52.8 Å². The number of benzene rings is 13. The molecule has 3 aromatic heterocycles. The lowest BCUT2D eigenvalue weighted by Gasteiger charge is -2.32. The van der Waals surface area contributed by atoms with E-state index >= 15 is 0 Å². The predicted molar refractivity (Wildman–Crippen MR) is 493 cm³/mol. The molecule has 596 valence electrons. The maximum absolute atomic E-state index is 6.21. The second kappa shape index (κ2) is 34.5. The van der Waals surface area contributed by atoms with Crippen molar-refractivity contribution in [2.75, 3.05) is 0 Å². The Kier molecular flexibility index (Phi) is 23.3. The van der Waals surface area contributed by atoms with Crippen LogP contribution in [0.4, 0.5) is 0 Å². The van der Waals surface area contributed by atoms with Crippen molar-refractivity contribution < 1.29 is 18.6 Å². The molecule has 2 saturated heterocycles. The molecule has 0 aliphatic carbocycles. The average molecular weight is 1600 g/mol. The van der Waals surface area contributed by atoms with Crippen molar-refractivity contribution in [1.82, 2.24) is 44.9 Å². The van der Waals surface area contributed by atoms with Crippen LogP contribution in [-0.2, 0) is 29.4 Å².